The van der Waals surface area contributed by atoms with Crippen LogP contribution in [0.1, 0.15) is 34.1 Å². The normalized spacial score (nSPS) is 13.2. The van der Waals surface area contributed by atoms with Gasteiger partial charge in [0.1, 0.15) is 0 Å². The summed E-state index contributed by atoms with van der Waals surface area (Å²) in [5, 5.41) is 3.20. The number of hydrogen-bond donors (Lipinski definition) is 2. The fraction of sp³-hybridized carbons (Fsp3) is 0.500. The van der Waals surface area contributed by atoms with Crippen molar-refractivity contribution in [2.24, 2.45) is 11.3 Å². The van der Waals surface area contributed by atoms with Gasteiger partial charge in [0.25, 0.3) is 0 Å². The van der Waals surface area contributed by atoms with Gasteiger partial charge in [-0.3, -0.25) is 4.79 Å². The van der Waals surface area contributed by atoms with Gasteiger partial charge in [0, 0.05) is 6.42 Å². The lowest BCUT2D eigenvalue weighted by Crippen LogP contribution is -2.24. The highest BCUT2D eigenvalue weighted by Gasteiger charge is 2.22. The summed E-state index contributed by atoms with van der Waals surface area (Å²) < 4.78 is 0. The van der Waals surface area contributed by atoms with Crippen molar-refractivity contribution >= 4 is 28.9 Å². The molecule has 0 spiro atoms. The Morgan fingerprint density at radius 1 is 1.44 bits per heavy atom. The lowest BCUT2D eigenvalue weighted by atomic mass is 9.80. The fourth-order valence-corrected chi connectivity index (χ4v) is 1.61. The van der Waals surface area contributed by atoms with Gasteiger partial charge in [-0.2, -0.15) is 0 Å². The van der Waals surface area contributed by atoms with Crippen LogP contribution >= 0.6 is 11.6 Å². The standard InChI is InChI=1S/C14H21ClN2O/c1-9(14(2,3)4)8-12(18)17-11-7-5-6-10(16)13(11)15/h5-7,9H,8,16H2,1-4H3,(H,17,18). The zero-order chi connectivity index (χ0) is 13.9. The summed E-state index contributed by atoms with van der Waals surface area (Å²) in [6.07, 6.45) is 0.467. The van der Waals surface area contributed by atoms with E-state index < -0.39 is 0 Å². The van der Waals surface area contributed by atoms with Gasteiger partial charge in [-0.05, 0) is 23.5 Å². The second kappa shape index (κ2) is 5.61. The maximum absolute atomic E-state index is 11.9. The first-order valence-electron chi connectivity index (χ1n) is 6.05. The molecule has 0 saturated carbocycles. The number of nitrogens with two attached hydrogens (primary N) is 1. The quantitative estimate of drug-likeness (QED) is 0.816. The third-order valence-corrected chi connectivity index (χ3v) is 3.69. The number of carbonyl (C=O) groups excluding carboxylic acids is 1. The van der Waals surface area contributed by atoms with E-state index in [0.717, 1.165) is 0 Å². The summed E-state index contributed by atoms with van der Waals surface area (Å²) in [5.41, 5.74) is 6.83. The van der Waals surface area contributed by atoms with E-state index in [4.69, 9.17) is 17.3 Å². The van der Waals surface area contributed by atoms with Crippen molar-refractivity contribution in [2.75, 3.05) is 11.1 Å². The summed E-state index contributed by atoms with van der Waals surface area (Å²) in [6, 6.07) is 5.22. The minimum atomic E-state index is -0.0371. The van der Waals surface area contributed by atoms with Gasteiger partial charge < -0.3 is 11.1 Å². The van der Waals surface area contributed by atoms with Crippen LogP contribution in [0.25, 0.3) is 0 Å². The minimum Gasteiger partial charge on any atom is -0.397 e. The first-order chi connectivity index (χ1) is 8.21. The average Bonchev–Trinajstić information content (AvgIpc) is 2.23. The van der Waals surface area contributed by atoms with Crippen LogP contribution in [0.15, 0.2) is 18.2 Å². The molecule has 0 aliphatic carbocycles. The van der Waals surface area contributed by atoms with Gasteiger partial charge in [0.15, 0.2) is 0 Å². The van der Waals surface area contributed by atoms with Crippen molar-refractivity contribution in [3.8, 4) is 0 Å². The molecular formula is C14H21ClN2O. The smallest absolute Gasteiger partial charge is 0.224 e. The number of halogens is 1. The highest BCUT2D eigenvalue weighted by Crippen LogP contribution is 2.30. The molecule has 0 fully saturated rings. The van der Waals surface area contributed by atoms with E-state index in [2.05, 4.69) is 33.0 Å². The van der Waals surface area contributed by atoms with E-state index >= 15 is 0 Å². The summed E-state index contributed by atoms with van der Waals surface area (Å²) in [4.78, 5) is 11.9. The second-order valence-electron chi connectivity index (χ2n) is 5.73. The van der Waals surface area contributed by atoms with Crippen LogP contribution in [0.4, 0.5) is 11.4 Å². The van der Waals surface area contributed by atoms with Crippen molar-refractivity contribution in [1.29, 1.82) is 0 Å². The molecule has 3 nitrogen and oxygen atoms in total. The number of hydrogen-bond acceptors (Lipinski definition) is 2. The topological polar surface area (TPSA) is 55.1 Å². The minimum absolute atomic E-state index is 0.0371. The first-order valence-corrected chi connectivity index (χ1v) is 6.43. The highest BCUT2D eigenvalue weighted by atomic mass is 35.5. The maximum atomic E-state index is 11.9. The number of nitrogens with one attached hydrogen (secondary N) is 1. The molecule has 0 aliphatic rings. The molecule has 18 heavy (non-hydrogen) atoms. The molecule has 3 N–H and O–H groups in total. The van der Waals surface area contributed by atoms with Gasteiger partial charge in [0.05, 0.1) is 16.4 Å². The predicted molar refractivity (Wildman–Crippen MR) is 77.7 cm³/mol. The molecule has 0 aromatic heterocycles. The molecule has 1 amide bonds. The van der Waals surface area contributed by atoms with Crippen molar-refractivity contribution < 1.29 is 4.79 Å². The molecular weight excluding hydrogens is 248 g/mol. The number of anilines is 2. The lowest BCUT2D eigenvalue weighted by molar-refractivity contribution is -0.117. The van der Waals surface area contributed by atoms with Crippen LogP contribution in [0.2, 0.25) is 5.02 Å². The molecule has 0 radical (unpaired) electrons. The first kappa shape index (κ1) is 14.8. The Morgan fingerprint density at radius 3 is 2.61 bits per heavy atom. The van der Waals surface area contributed by atoms with Gasteiger partial charge in [-0.25, -0.2) is 0 Å². The number of amides is 1. The Labute approximate surface area is 114 Å². The molecule has 100 valence electrons. The third kappa shape index (κ3) is 3.91. The highest BCUT2D eigenvalue weighted by molar-refractivity contribution is 6.36. The summed E-state index contributed by atoms with van der Waals surface area (Å²) in [6.45, 7) is 8.44. The largest absolute Gasteiger partial charge is 0.397 e. The lowest BCUT2D eigenvalue weighted by Gasteiger charge is -2.26. The van der Waals surface area contributed by atoms with Crippen LogP contribution in [0.3, 0.4) is 0 Å². The SMILES string of the molecule is CC(CC(=O)Nc1cccc(N)c1Cl)C(C)(C)C. The van der Waals surface area contributed by atoms with Gasteiger partial charge in [0.2, 0.25) is 5.91 Å². The van der Waals surface area contributed by atoms with Crippen molar-refractivity contribution in [1.82, 2.24) is 0 Å². The van der Waals surface area contributed by atoms with E-state index in [-0.39, 0.29) is 17.2 Å². The van der Waals surface area contributed by atoms with Gasteiger partial charge in [-0.1, -0.05) is 45.4 Å². The van der Waals surface area contributed by atoms with Crippen molar-refractivity contribution in [2.45, 2.75) is 34.1 Å². The van der Waals surface area contributed by atoms with Crippen molar-refractivity contribution in [3.05, 3.63) is 23.2 Å². The Kier molecular flexibility index (Phi) is 4.63. The summed E-state index contributed by atoms with van der Waals surface area (Å²) >= 11 is 6.02. The molecule has 0 saturated heterocycles. The molecule has 0 bridgehead atoms. The Balaban J connectivity index is 2.69. The zero-order valence-electron chi connectivity index (χ0n) is 11.4. The molecule has 1 aromatic rings. The fourth-order valence-electron chi connectivity index (χ4n) is 1.43. The van der Waals surface area contributed by atoms with Crippen LogP contribution in [0.5, 0.6) is 0 Å². The summed E-state index contributed by atoms with van der Waals surface area (Å²) in [5.74, 6) is 0.252. The molecule has 0 aliphatic heterocycles. The second-order valence-corrected chi connectivity index (χ2v) is 6.11. The van der Waals surface area contributed by atoms with E-state index in [1.807, 2.05) is 0 Å². The molecule has 4 heteroatoms. The Bertz CT molecular complexity index is 438. The van der Waals surface area contributed by atoms with Crippen molar-refractivity contribution in [3.63, 3.8) is 0 Å². The van der Waals surface area contributed by atoms with Gasteiger partial charge in [-0.15, -0.1) is 0 Å². The van der Waals surface area contributed by atoms with Crippen LogP contribution in [-0.2, 0) is 4.79 Å². The molecule has 1 aromatic carbocycles. The van der Waals surface area contributed by atoms with E-state index in [9.17, 15) is 4.79 Å². The zero-order valence-corrected chi connectivity index (χ0v) is 12.1. The predicted octanol–water partition coefficient (Wildman–Crippen LogP) is 3.93. The average molecular weight is 269 g/mol. The monoisotopic (exact) mass is 268 g/mol. The Hall–Kier alpha value is -1.22. The summed E-state index contributed by atoms with van der Waals surface area (Å²) in [7, 11) is 0. The maximum Gasteiger partial charge on any atom is 0.224 e. The Morgan fingerprint density at radius 2 is 2.06 bits per heavy atom. The van der Waals surface area contributed by atoms with Crippen LogP contribution in [-0.4, -0.2) is 5.91 Å². The van der Waals surface area contributed by atoms with E-state index in [1.165, 1.54) is 0 Å². The number of carbonyl (C=O) groups is 1. The molecule has 1 atom stereocenters. The van der Waals surface area contributed by atoms with Crippen LogP contribution in [0, 0.1) is 11.3 Å². The van der Waals surface area contributed by atoms with Gasteiger partial charge >= 0.3 is 0 Å². The number of rotatable bonds is 3. The van der Waals surface area contributed by atoms with Crippen LogP contribution < -0.4 is 11.1 Å². The molecule has 1 unspecified atom stereocenters. The number of benzene rings is 1. The van der Waals surface area contributed by atoms with E-state index in [1.54, 1.807) is 18.2 Å². The molecule has 0 heterocycles. The third-order valence-electron chi connectivity index (χ3n) is 3.27. The number of nitrogen functional groups attached to an aromatic ring is 1. The molecule has 1 rings (SSSR count). The van der Waals surface area contributed by atoms with E-state index in [0.29, 0.717) is 22.8 Å².